The van der Waals surface area contributed by atoms with Gasteiger partial charge >= 0.3 is 0 Å². The van der Waals surface area contributed by atoms with Crippen molar-refractivity contribution >= 4 is 16.9 Å². The topological polar surface area (TPSA) is 56.1 Å². The summed E-state index contributed by atoms with van der Waals surface area (Å²) < 4.78 is 6.72. The Morgan fingerprint density at radius 1 is 1.20 bits per heavy atom. The monoisotopic (exact) mass is 267 g/mol. The molecule has 0 radical (unpaired) electrons. The van der Waals surface area contributed by atoms with Gasteiger partial charge in [-0.25, -0.2) is 9.66 Å². The second kappa shape index (κ2) is 5.05. The molecule has 0 aliphatic heterocycles. The molecule has 3 aromatic rings. The Labute approximate surface area is 115 Å². The summed E-state index contributed by atoms with van der Waals surface area (Å²) in [4.78, 5) is 16.4. The van der Waals surface area contributed by atoms with Crippen LogP contribution in [-0.4, -0.2) is 22.7 Å². The van der Waals surface area contributed by atoms with Crippen molar-refractivity contribution in [1.29, 1.82) is 0 Å². The molecule has 0 atom stereocenters. The third kappa shape index (κ3) is 2.21. The van der Waals surface area contributed by atoms with Crippen molar-refractivity contribution in [2.24, 2.45) is 0 Å². The van der Waals surface area contributed by atoms with Gasteiger partial charge in [0.05, 0.1) is 18.1 Å². The Morgan fingerprint density at radius 2 is 2.05 bits per heavy atom. The van der Waals surface area contributed by atoms with Crippen LogP contribution in [0.4, 0.5) is 0 Å². The zero-order chi connectivity index (χ0) is 13.9. The van der Waals surface area contributed by atoms with E-state index >= 15 is 0 Å². The zero-order valence-corrected chi connectivity index (χ0v) is 10.9. The van der Waals surface area contributed by atoms with Crippen LogP contribution in [-0.2, 0) is 0 Å². The number of carbonyl (C=O) groups is 1. The molecule has 0 unspecified atom stereocenters. The molecule has 0 bridgehead atoms. The van der Waals surface area contributed by atoms with E-state index < -0.39 is 0 Å². The number of amides is 1. The summed E-state index contributed by atoms with van der Waals surface area (Å²) in [5.41, 5.74) is 5.00. The van der Waals surface area contributed by atoms with Gasteiger partial charge in [-0.2, -0.15) is 0 Å². The van der Waals surface area contributed by atoms with Crippen LogP contribution in [0.5, 0.6) is 5.75 Å². The molecule has 0 aliphatic rings. The van der Waals surface area contributed by atoms with E-state index in [0.717, 1.165) is 11.0 Å². The Morgan fingerprint density at radius 3 is 2.90 bits per heavy atom. The predicted molar refractivity (Wildman–Crippen MR) is 76.4 cm³/mol. The quantitative estimate of drug-likeness (QED) is 0.793. The van der Waals surface area contributed by atoms with E-state index in [-0.39, 0.29) is 5.91 Å². The summed E-state index contributed by atoms with van der Waals surface area (Å²) in [7, 11) is 1.57. The van der Waals surface area contributed by atoms with E-state index in [1.807, 2.05) is 24.3 Å². The number of aromatic nitrogens is 2. The van der Waals surface area contributed by atoms with E-state index in [4.69, 9.17) is 4.74 Å². The zero-order valence-electron chi connectivity index (χ0n) is 10.9. The number of nitrogens with zero attached hydrogens (tertiary/aromatic N) is 2. The van der Waals surface area contributed by atoms with Gasteiger partial charge in [0.1, 0.15) is 12.1 Å². The van der Waals surface area contributed by atoms with Crippen LogP contribution in [0.3, 0.4) is 0 Å². The van der Waals surface area contributed by atoms with Gasteiger partial charge in [-0.3, -0.25) is 10.2 Å². The Hall–Kier alpha value is -2.82. The minimum absolute atomic E-state index is 0.216. The highest BCUT2D eigenvalue weighted by atomic mass is 16.5. The highest BCUT2D eigenvalue weighted by molar-refractivity contribution is 6.01. The third-order valence-corrected chi connectivity index (χ3v) is 3.01. The molecule has 0 spiro atoms. The fraction of sp³-hybridized carbons (Fsp3) is 0.0667. The lowest BCUT2D eigenvalue weighted by atomic mass is 10.2. The number of hydrogen-bond acceptors (Lipinski definition) is 3. The van der Waals surface area contributed by atoms with E-state index in [9.17, 15) is 4.79 Å². The van der Waals surface area contributed by atoms with Crippen molar-refractivity contribution in [2.45, 2.75) is 0 Å². The smallest absolute Gasteiger partial charge is 0.270 e. The largest absolute Gasteiger partial charge is 0.497 e. The van der Waals surface area contributed by atoms with Gasteiger partial charge in [0.25, 0.3) is 5.91 Å². The van der Waals surface area contributed by atoms with Crippen LogP contribution in [0.15, 0.2) is 54.9 Å². The second-order valence-corrected chi connectivity index (χ2v) is 4.28. The molecule has 1 aromatic heterocycles. The SMILES string of the molecule is COc1cccc(C(=O)Nn2cnc3ccccc32)c1. The van der Waals surface area contributed by atoms with Gasteiger partial charge in [-0.05, 0) is 30.3 Å². The van der Waals surface area contributed by atoms with Crippen molar-refractivity contribution in [1.82, 2.24) is 9.66 Å². The standard InChI is InChI=1S/C15H13N3O2/c1-20-12-6-4-5-11(9-12)15(19)17-18-10-16-13-7-2-3-8-14(13)18/h2-10H,1H3,(H,17,19). The maximum Gasteiger partial charge on any atom is 0.270 e. The Bertz CT molecular complexity index is 764. The van der Waals surface area contributed by atoms with Crippen LogP contribution in [0.25, 0.3) is 11.0 Å². The van der Waals surface area contributed by atoms with Crippen LogP contribution in [0.2, 0.25) is 0 Å². The number of methoxy groups -OCH3 is 1. The first-order valence-corrected chi connectivity index (χ1v) is 6.15. The van der Waals surface area contributed by atoms with Gasteiger partial charge in [-0.1, -0.05) is 18.2 Å². The fourth-order valence-corrected chi connectivity index (χ4v) is 1.99. The van der Waals surface area contributed by atoms with Gasteiger partial charge in [0, 0.05) is 5.56 Å². The average molecular weight is 267 g/mol. The van der Waals surface area contributed by atoms with Crippen molar-refractivity contribution in [3.05, 3.63) is 60.4 Å². The average Bonchev–Trinajstić information content (AvgIpc) is 2.90. The van der Waals surface area contributed by atoms with Crippen LogP contribution in [0.1, 0.15) is 10.4 Å². The number of nitrogens with one attached hydrogen (secondary N) is 1. The summed E-state index contributed by atoms with van der Waals surface area (Å²) in [6, 6.07) is 14.6. The van der Waals surface area contributed by atoms with Gasteiger partial charge in [0.15, 0.2) is 0 Å². The Kier molecular flexibility index (Phi) is 3.09. The molecule has 5 nitrogen and oxygen atoms in total. The molecule has 2 aromatic carbocycles. The van der Waals surface area contributed by atoms with Crippen molar-refractivity contribution < 1.29 is 9.53 Å². The number of hydrogen-bond donors (Lipinski definition) is 1. The normalized spacial score (nSPS) is 10.4. The predicted octanol–water partition coefficient (Wildman–Crippen LogP) is 2.43. The van der Waals surface area contributed by atoms with Gasteiger partial charge in [-0.15, -0.1) is 0 Å². The van der Waals surface area contributed by atoms with Crippen LogP contribution >= 0.6 is 0 Å². The maximum absolute atomic E-state index is 12.2. The number of para-hydroxylation sites is 2. The van der Waals surface area contributed by atoms with Crippen LogP contribution < -0.4 is 10.2 Å². The van der Waals surface area contributed by atoms with Crippen molar-refractivity contribution in [3.8, 4) is 5.75 Å². The minimum atomic E-state index is -0.216. The molecule has 1 amide bonds. The summed E-state index contributed by atoms with van der Waals surface area (Å²) in [6.07, 6.45) is 1.59. The number of ether oxygens (including phenoxy) is 1. The van der Waals surface area contributed by atoms with E-state index in [0.29, 0.717) is 11.3 Å². The first kappa shape index (κ1) is 12.2. The number of rotatable bonds is 3. The molecule has 0 saturated heterocycles. The fourth-order valence-electron chi connectivity index (χ4n) is 1.99. The van der Waals surface area contributed by atoms with E-state index in [1.54, 1.807) is 42.4 Å². The van der Waals surface area contributed by atoms with Gasteiger partial charge in [0.2, 0.25) is 0 Å². The number of carbonyl (C=O) groups excluding carboxylic acids is 1. The Balaban J connectivity index is 1.88. The highest BCUT2D eigenvalue weighted by Gasteiger charge is 2.09. The van der Waals surface area contributed by atoms with E-state index in [1.165, 1.54) is 0 Å². The summed E-state index contributed by atoms with van der Waals surface area (Å²) in [6.45, 7) is 0. The lowest BCUT2D eigenvalue weighted by molar-refractivity contribution is 0.101. The molecular weight excluding hydrogens is 254 g/mol. The first-order chi connectivity index (χ1) is 9.78. The molecule has 1 heterocycles. The summed E-state index contributed by atoms with van der Waals surface area (Å²) in [5.74, 6) is 0.431. The van der Waals surface area contributed by atoms with Crippen LogP contribution in [0, 0.1) is 0 Å². The van der Waals surface area contributed by atoms with E-state index in [2.05, 4.69) is 10.4 Å². The highest BCUT2D eigenvalue weighted by Crippen LogP contribution is 2.14. The number of benzene rings is 2. The molecule has 5 heteroatoms. The van der Waals surface area contributed by atoms with Crippen molar-refractivity contribution in [3.63, 3.8) is 0 Å². The number of imidazole rings is 1. The molecule has 20 heavy (non-hydrogen) atoms. The molecular formula is C15H13N3O2. The van der Waals surface area contributed by atoms with Crippen molar-refractivity contribution in [2.75, 3.05) is 12.5 Å². The lowest BCUT2D eigenvalue weighted by Crippen LogP contribution is -2.21. The lowest BCUT2D eigenvalue weighted by Gasteiger charge is -2.08. The number of fused-ring (bicyclic) bond motifs is 1. The molecule has 0 aliphatic carbocycles. The minimum Gasteiger partial charge on any atom is -0.497 e. The summed E-state index contributed by atoms with van der Waals surface area (Å²) in [5, 5.41) is 0. The summed E-state index contributed by atoms with van der Waals surface area (Å²) >= 11 is 0. The maximum atomic E-state index is 12.2. The second-order valence-electron chi connectivity index (χ2n) is 4.28. The molecule has 100 valence electrons. The molecule has 3 rings (SSSR count). The molecule has 0 fully saturated rings. The van der Waals surface area contributed by atoms with Gasteiger partial charge < -0.3 is 4.74 Å². The first-order valence-electron chi connectivity index (χ1n) is 6.15. The molecule has 1 N–H and O–H groups in total. The third-order valence-electron chi connectivity index (χ3n) is 3.01. The molecule has 0 saturated carbocycles.